The monoisotopic (exact) mass is 355 g/mol. The Morgan fingerprint density at radius 3 is 2.73 bits per heavy atom. The Kier molecular flexibility index (Phi) is 5.54. The molecule has 1 aromatic carbocycles. The molecule has 6 nitrogen and oxygen atoms in total. The number of nitrogens with zero attached hydrogens (tertiary/aromatic N) is 1. The van der Waals surface area contributed by atoms with Gasteiger partial charge in [-0.05, 0) is 31.5 Å². The maximum absolute atomic E-state index is 12.7. The van der Waals surface area contributed by atoms with Crippen molar-refractivity contribution in [2.75, 3.05) is 13.1 Å². The number of piperidine rings is 1. The topological polar surface area (TPSA) is 83.4 Å². The summed E-state index contributed by atoms with van der Waals surface area (Å²) in [6.45, 7) is 3.30. The molecule has 0 saturated carbocycles. The summed E-state index contributed by atoms with van der Waals surface area (Å²) >= 11 is 0. The zero-order valence-electron chi connectivity index (χ0n) is 14.9. The van der Waals surface area contributed by atoms with Crippen LogP contribution in [0.25, 0.3) is 0 Å². The predicted molar refractivity (Wildman–Crippen MR) is 99.8 cm³/mol. The molecule has 2 heterocycles. The molecule has 0 unspecified atom stereocenters. The first kappa shape index (κ1) is 18.4. The molecular weight excluding hydrogens is 330 g/mol. The van der Waals surface area contributed by atoms with E-state index in [9.17, 15) is 14.7 Å². The van der Waals surface area contributed by atoms with E-state index in [1.807, 2.05) is 43.3 Å². The van der Waals surface area contributed by atoms with Crippen molar-refractivity contribution >= 4 is 5.91 Å². The third-order valence-corrected chi connectivity index (χ3v) is 5.08. The number of β-amino-alcohol motifs (C(OH)–C–C–N with tert-alkyl or cyclic N) is 1. The Hall–Kier alpha value is -2.44. The lowest BCUT2D eigenvalue weighted by atomic mass is 9.79. The highest BCUT2D eigenvalue weighted by Gasteiger charge is 2.42. The molecule has 2 aromatic rings. The van der Waals surface area contributed by atoms with Crippen molar-refractivity contribution in [3.8, 4) is 0 Å². The molecule has 0 spiro atoms. The van der Waals surface area contributed by atoms with Gasteiger partial charge in [-0.3, -0.25) is 9.59 Å². The van der Waals surface area contributed by atoms with Gasteiger partial charge >= 0.3 is 0 Å². The minimum atomic E-state index is -0.805. The lowest BCUT2D eigenvalue weighted by Gasteiger charge is -2.43. The van der Waals surface area contributed by atoms with Gasteiger partial charge in [-0.25, -0.2) is 0 Å². The first-order chi connectivity index (χ1) is 12.5. The van der Waals surface area contributed by atoms with Gasteiger partial charge in [-0.1, -0.05) is 36.4 Å². The summed E-state index contributed by atoms with van der Waals surface area (Å²) in [6, 6.07) is 14.6. The fourth-order valence-corrected chi connectivity index (χ4v) is 3.59. The fraction of sp³-hybridized carbons (Fsp3) is 0.400. The number of carbonyl (C=O) groups excluding carboxylic acids is 1. The fourth-order valence-electron chi connectivity index (χ4n) is 3.59. The highest BCUT2D eigenvalue weighted by molar-refractivity contribution is 5.77. The minimum Gasteiger partial charge on any atom is -0.389 e. The van der Waals surface area contributed by atoms with E-state index in [-0.39, 0.29) is 17.9 Å². The lowest BCUT2D eigenvalue weighted by Crippen LogP contribution is -2.61. The molecule has 6 heteroatoms. The van der Waals surface area contributed by atoms with E-state index < -0.39 is 11.6 Å². The second-order valence-corrected chi connectivity index (χ2v) is 6.76. The van der Waals surface area contributed by atoms with Crippen molar-refractivity contribution in [1.29, 1.82) is 0 Å². The molecule has 0 bridgehead atoms. The highest BCUT2D eigenvalue weighted by atomic mass is 16.3. The first-order valence-electron chi connectivity index (χ1n) is 8.95. The molecule has 0 radical (unpaired) electrons. The predicted octanol–water partition coefficient (Wildman–Crippen LogP) is 0.913. The van der Waals surface area contributed by atoms with Crippen molar-refractivity contribution < 1.29 is 9.90 Å². The summed E-state index contributed by atoms with van der Waals surface area (Å²) in [5, 5.41) is 16.9. The summed E-state index contributed by atoms with van der Waals surface area (Å²) in [6.07, 6.45) is 0.0667. The summed E-state index contributed by atoms with van der Waals surface area (Å²) in [7, 11) is 0. The van der Waals surface area contributed by atoms with E-state index in [1.165, 1.54) is 6.07 Å². The zero-order valence-corrected chi connectivity index (χ0v) is 14.9. The van der Waals surface area contributed by atoms with Crippen LogP contribution in [0.5, 0.6) is 0 Å². The van der Waals surface area contributed by atoms with Crippen molar-refractivity contribution in [1.82, 2.24) is 15.2 Å². The minimum absolute atomic E-state index is 0.113. The van der Waals surface area contributed by atoms with Gasteiger partial charge < -0.3 is 20.3 Å². The molecule has 0 aliphatic carbocycles. The van der Waals surface area contributed by atoms with Crippen molar-refractivity contribution in [2.24, 2.45) is 0 Å². The average molecular weight is 355 g/mol. The number of pyridine rings is 1. The molecule has 1 aliphatic rings. The van der Waals surface area contributed by atoms with Gasteiger partial charge in [-0.2, -0.15) is 0 Å². The SMILES string of the molecule is Cc1cccc(=O)n1CCC(=O)N[C@]1(c2ccccc2)CCNC[C@H]1O. The van der Waals surface area contributed by atoms with Gasteiger partial charge in [0.05, 0.1) is 11.6 Å². The Bertz CT molecular complexity index is 819. The number of hydrogen-bond donors (Lipinski definition) is 3. The van der Waals surface area contributed by atoms with Gasteiger partial charge in [0.25, 0.3) is 5.56 Å². The molecule has 1 aromatic heterocycles. The van der Waals surface area contributed by atoms with Crippen LogP contribution in [0.1, 0.15) is 24.1 Å². The molecule has 1 amide bonds. The second kappa shape index (κ2) is 7.85. The van der Waals surface area contributed by atoms with Crippen LogP contribution in [0.15, 0.2) is 53.3 Å². The summed E-state index contributed by atoms with van der Waals surface area (Å²) in [5.41, 5.74) is 0.804. The Balaban J connectivity index is 1.77. The molecule has 2 atom stereocenters. The summed E-state index contributed by atoms with van der Waals surface area (Å²) in [4.78, 5) is 24.6. The van der Waals surface area contributed by atoms with E-state index in [2.05, 4.69) is 10.6 Å². The van der Waals surface area contributed by atoms with Crippen molar-refractivity contribution in [3.63, 3.8) is 0 Å². The van der Waals surface area contributed by atoms with Gasteiger partial charge in [-0.15, -0.1) is 0 Å². The zero-order chi connectivity index (χ0) is 18.6. The number of benzene rings is 1. The Morgan fingerprint density at radius 1 is 1.27 bits per heavy atom. The van der Waals surface area contributed by atoms with Gasteiger partial charge in [0, 0.05) is 31.3 Å². The van der Waals surface area contributed by atoms with E-state index in [4.69, 9.17) is 0 Å². The number of aromatic nitrogens is 1. The van der Waals surface area contributed by atoms with Crippen LogP contribution in [0, 0.1) is 6.92 Å². The van der Waals surface area contributed by atoms with Crippen LogP contribution in [0.4, 0.5) is 0 Å². The Morgan fingerprint density at radius 2 is 2.04 bits per heavy atom. The standard InChI is InChI=1S/C20H25N3O3/c1-15-6-5-9-19(26)23(15)13-10-18(25)22-20(11-12-21-14-17(20)24)16-7-3-2-4-8-16/h2-9,17,21,24H,10-14H2,1H3,(H,22,25)/t17-,20+/m1/s1. The highest BCUT2D eigenvalue weighted by Crippen LogP contribution is 2.31. The number of nitrogens with one attached hydrogen (secondary N) is 2. The normalized spacial score (nSPS) is 22.8. The molecule has 1 saturated heterocycles. The maximum Gasteiger partial charge on any atom is 0.250 e. The van der Waals surface area contributed by atoms with Crippen LogP contribution in [0.2, 0.25) is 0 Å². The van der Waals surface area contributed by atoms with Crippen LogP contribution in [0.3, 0.4) is 0 Å². The van der Waals surface area contributed by atoms with E-state index in [1.54, 1.807) is 10.6 Å². The van der Waals surface area contributed by atoms with E-state index in [0.29, 0.717) is 26.1 Å². The molecular formula is C20H25N3O3. The third-order valence-electron chi connectivity index (χ3n) is 5.08. The second-order valence-electron chi connectivity index (χ2n) is 6.76. The maximum atomic E-state index is 12.7. The van der Waals surface area contributed by atoms with Crippen molar-refractivity contribution in [2.45, 2.75) is 38.0 Å². The lowest BCUT2D eigenvalue weighted by molar-refractivity contribution is -0.126. The van der Waals surface area contributed by atoms with Crippen LogP contribution in [-0.4, -0.2) is 34.8 Å². The number of rotatable bonds is 5. The molecule has 3 rings (SSSR count). The number of hydrogen-bond acceptors (Lipinski definition) is 4. The quantitative estimate of drug-likeness (QED) is 0.745. The average Bonchev–Trinajstić information content (AvgIpc) is 2.64. The van der Waals surface area contributed by atoms with Crippen LogP contribution < -0.4 is 16.2 Å². The number of amides is 1. The number of carbonyl (C=O) groups is 1. The molecule has 26 heavy (non-hydrogen) atoms. The number of aliphatic hydroxyl groups is 1. The largest absolute Gasteiger partial charge is 0.389 e. The number of aryl methyl sites for hydroxylation is 1. The van der Waals surface area contributed by atoms with Gasteiger partial charge in [0.15, 0.2) is 0 Å². The molecule has 3 N–H and O–H groups in total. The third kappa shape index (κ3) is 3.71. The molecule has 138 valence electrons. The number of aliphatic hydroxyl groups excluding tert-OH is 1. The van der Waals surface area contributed by atoms with Crippen molar-refractivity contribution in [3.05, 3.63) is 70.1 Å². The summed E-state index contributed by atoms with van der Waals surface area (Å²) < 4.78 is 1.59. The smallest absolute Gasteiger partial charge is 0.250 e. The van der Waals surface area contributed by atoms with E-state index >= 15 is 0 Å². The van der Waals surface area contributed by atoms with Crippen LogP contribution in [-0.2, 0) is 16.9 Å². The Labute approximate surface area is 152 Å². The van der Waals surface area contributed by atoms with E-state index in [0.717, 1.165) is 11.3 Å². The van der Waals surface area contributed by atoms with Crippen LogP contribution >= 0.6 is 0 Å². The first-order valence-corrected chi connectivity index (χ1v) is 8.95. The van der Waals surface area contributed by atoms with Gasteiger partial charge in [0.1, 0.15) is 0 Å². The molecule has 1 aliphatic heterocycles. The van der Waals surface area contributed by atoms with Gasteiger partial charge in [0.2, 0.25) is 5.91 Å². The summed E-state index contributed by atoms with van der Waals surface area (Å²) in [5.74, 6) is -0.176. The molecule has 1 fully saturated rings.